The Morgan fingerprint density at radius 3 is 2.42 bits per heavy atom. The van der Waals surface area contributed by atoms with E-state index in [2.05, 4.69) is 0 Å². The number of ketones is 1. The van der Waals surface area contributed by atoms with Crippen LogP contribution in [0.1, 0.15) is 47.7 Å². The number of nitrogens with zero attached hydrogens (tertiary/aromatic N) is 1. The van der Waals surface area contributed by atoms with Crippen molar-refractivity contribution >= 4 is 29.1 Å². The first-order valence-corrected chi connectivity index (χ1v) is 12.8. The third kappa shape index (κ3) is 5.20. The average molecular weight is 536 g/mol. The van der Waals surface area contributed by atoms with E-state index in [9.17, 15) is 19.8 Å². The minimum Gasteiger partial charge on any atom is -0.507 e. The number of likely N-dealkylation sites (tertiary alicyclic amines) is 1. The zero-order valence-electron chi connectivity index (χ0n) is 21.7. The fourth-order valence-electron chi connectivity index (χ4n) is 4.60. The number of rotatable bonds is 8. The Hall–Kier alpha value is -3.97. The molecule has 1 atom stereocenters. The van der Waals surface area contributed by atoms with Crippen molar-refractivity contribution < 1.29 is 29.3 Å². The van der Waals surface area contributed by atoms with Crippen molar-refractivity contribution in [2.75, 3.05) is 13.2 Å². The summed E-state index contributed by atoms with van der Waals surface area (Å²) in [6.07, 6.45) is 0. The molecule has 1 unspecified atom stereocenters. The van der Waals surface area contributed by atoms with Crippen LogP contribution < -0.4 is 9.47 Å². The Labute approximate surface area is 226 Å². The third-order valence-corrected chi connectivity index (χ3v) is 6.82. The molecule has 4 rings (SSSR count). The first-order valence-electron chi connectivity index (χ1n) is 12.4. The number of Topliss-reactive ketones (excluding diaryl/α,β-unsaturated/α-hetero) is 1. The lowest BCUT2D eigenvalue weighted by atomic mass is 9.94. The van der Waals surface area contributed by atoms with E-state index in [-0.39, 0.29) is 34.2 Å². The van der Waals surface area contributed by atoms with Gasteiger partial charge in [0.25, 0.3) is 11.7 Å². The summed E-state index contributed by atoms with van der Waals surface area (Å²) in [5.74, 6) is -1.40. The van der Waals surface area contributed by atoms with Crippen molar-refractivity contribution in [2.24, 2.45) is 0 Å². The molecule has 0 spiro atoms. The molecule has 3 aromatic rings. The number of ether oxygens (including phenoxy) is 2. The number of phenolic OH excluding ortho intramolecular Hbond substituents is 1. The van der Waals surface area contributed by atoms with E-state index >= 15 is 0 Å². The number of aliphatic hydroxyl groups excluding tert-OH is 1. The number of carbonyl (C=O) groups is 2. The molecule has 1 aliphatic heterocycles. The summed E-state index contributed by atoms with van der Waals surface area (Å²) >= 11 is 6.43. The van der Waals surface area contributed by atoms with E-state index in [0.717, 1.165) is 16.7 Å². The number of aliphatic hydroxyl groups is 1. The van der Waals surface area contributed by atoms with E-state index < -0.39 is 23.5 Å². The molecule has 198 valence electrons. The van der Waals surface area contributed by atoms with Gasteiger partial charge in [-0.25, -0.2) is 0 Å². The SMILES string of the molecule is CCOc1ccc(Cl)c(/C(O)=C2\C(=O)C(=O)N(Cc3cc(C)ccc3C)C2c2ccc(O)c(OCC)c2)c1. The van der Waals surface area contributed by atoms with E-state index in [4.69, 9.17) is 21.1 Å². The number of halogens is 1. The van der Waals surface area contributed by atoms with E-state index in [0.29, 0.717) is 24.5 Å². The van der Waals surface area contributed by atoms with Gasteiger partial charge in [0.2, 0.25) is 0 Å². The van der Waals surface area contributed by atoms with Crippen molar-refractivity contribution in [1.29, 1.82) is 0 Å². The zero-order valence-corrected chi connectivity index (χ0v) is 22.5. The summed E-state index contributed by atoms with van der Waals surface area (Å²) < 4.78 is 11.1. The molecule has 7 nitrogen and oxygen atoms in total. The Kier molecular flexibility index (Phi) is 7.97. The summed E-state index contributed by atoms with van der Waals surface area (Å²) in [7, 11) is 0. The predicted molar refractivity (Wildman–Crippen MR) is 146 cm³/mol. The maximum Gasteiger partial charge on any atom is 0.295 e. The molecule has 0 aliphatic carbocycles. The number of carbonyl (C=O) groups excluding carboxylic acids is 2. The highest BCUT2D eigenvalue weighted by atomic mass is 35.5. The largest absolute Gasteiger partial charge is 0.507 e. The maximum absolute atomic E-state index is 13.5. The number of amides is 1. The summed E-state index contributed by atoms with van der Waals surface area (Å²) in [6.45, 7) is 8.34. The maximum atomic E-state index is 13.5. The van der Waals surface area contributed by atoms with Crippen LogP contribution in [0.3, 0.4) is 0 Å². The van der Waals surface area contributed by atoms with Crippen LogP contribution in [0.4, 0.5) is 0 Å². The Bertz CT molecular complexity index is 1430. The second kappa shape index (κ2) is 11.2. The number of hydrogen-bond acceptors (Lipinski definition) is 6. The molecule has 0 aromatic heterocycles. The minimum absolute atomic E-state index is 0.0745. The summed E-state index contributed by atoms with van der Waals surface area (Å²) in [4.78, 5) is 28.4. The first kappa shape index (κ1) is 27.1. The summed E-state index contributed by atoms with van der Waals surface area (Å²) in [5.41, 5.74) is 3.41. The smallest absolute Gasteiger partial charge is 0.295 e. The molecule has 38 heavy (non-hydrogen) atoms. The molecule has 8 heteroatoms. The van der Waals surface area contributed by atoms with Crippen molar-refractivity contribution in [2.45, 2.75) is 40.3 Å². The molecule has 0 radical (unpaired) electrons. The lowest BCUT2D eigenvalue weighted by molar-refractivity contribution is -0.140. The Morgan fingerprint density at radius 2 is 1.71 bits per heavy atom. The standard InChI is InChI=1S/C30H30ClNO6/c1-5-37-21-10-11-23(31)22(15-21)28(34)26-27(19-9-12-24(33)25(14-19)38-6-2)32(30(36)29(26)35)16-20-13-17(3)7-8-18(20)4/h7-15,27,33-34H,5-6,16H2,1-4H3/b28-26+. The Morgan fingerprint density at radius 1 is 0.974 bits per heavy atom. The van der Waals surface area contributed by atoms with Crippen LogP contribution in [0, 0.1) is 13.8 Å². The van der Waals surface area contributed by atoms with Crippen molar-refractivity contribution in [3.05, 3.63) is 93.0 Å². The molecule has 3 aromatic carbocycles. The van der Waals surface area contributed by atoms with Crippen LogP contribution in [0.2, 0.25) is 5.02 Å². The van der Waals surface area contributed by atoms with Gasteiger partial charge in [-0.3, -0.25) is 9.59 Å². The van der Waals surface area contributed by atoms with Gasteiger partial charge < -0.3 is 24.6 Å². The van der Waals surface area contributed by atoms with Gasteiger partial charge >= 0.3 is 0 Å². The predicted octanol–water partition coefficient (Wildman–Crippen LogP) is 6.08. The number of aromatic hydroxyl groups is 1. The van der Waals surface area contributed by atoms with Crippen LogP contribution in [-0.4, -0.2) is 40.0 Å². The van der Waals surface area contributed by atoms with Gasteiger partial charge in [-0.15, -0.1) is 0 Å². The molecular weight excluding hydrogens is 506 g/mol. The molecule has 1 aliphatic rings. The van der Waals surface area contributed by atoms with Gasteiger partial charge in [-0.2, -0.15) is 0 Å². The first-order chi connectivity index (χ1) is 18.2. The number of aryl methyl sites for hydroxylation is 2. The third-order valence-electron chi connectivity index (χ3n) is 6.49. The molecule has 1 saturated heterocycles. The molecule has 2 N–H and O–H groups in total. The summed E-state index contributed by atoms with van der Waals surface area (Å²) in [5, 5.41) is 22.0. The lowest BCUT2D eigenvalue weighted by Gasteiger charge is -2.27. The highest BCUT2D eigenvalue weighted by Crippen LogP contribution is 2.44. The Balaban J connectivity index is 1.93. The van der Waals surface area contributed by atoms with Gasteiger partial charge in [0, 0.05) is 12.1 Å². The van der Waals surface area contributed by atoms with Crippen LogP contribution in [0.5, 0.6) is 17.2 Å². The van der Waals surface area contributed by atoms with Crippen LogP contribution >= 0.6 is 11.6 Å². The molecule has 0 saturated carbocycles. The molecule has 1 amide bonds. The highest BCUT2D eigenvalue weighted by Gasteiger charge is 2.46. The molecular formula is C30H30ClNO6. The van der Waals surface area contributed by atoms with Crippen molar-refractivity contribution in [1.82, 2.24) is 4.90 Å². The average Bonchev–Trinajstić information content (AvgIpc) is 3.13. The van der Waals surface area contributed by atoms with Crippen molar-refractivity contribution in [3.8, 4) is 17.2 Å². The van der Waals surface area contributed by atoms with Gasteiger partial charge in [-0.05, 0) is 74.7 Å². The quantitative estimate of drug-likeness (QED) is 0.206. The number of benzene rings is 3. The fourth-order valence-corrected chi connectivity index (χ4v) is 4.81. The second-order valence-corrected chi connectivity index (χ2v) is 9.50. The van der Waals surface area contributed by atoms with Crippen LogP contribution in [0.25, 0.3) is 5.76 Å². The minimum atomic E-state index is -0.957. The topological polar surface area (TPSA) is 96.3 Å². The van der Waals surface area contributed by atoms with E-state index in [1.54, 1.807) is 37.3 Å². The molecule has 0 bridgehead atoms. The fraction of sp³-hybridized carbons (Fsp3) is 0.267. The number of hydrogen-bond donors (Lipinski definition) is 2. The van der Waals surface area contributed by atoms with Gasteiger partial charge in [0.1, 0.15) is 11.5 Å². The molecule has 1 heterocycles. The van der Waals surface area contributed by atoms with Crippen LogP contribution in [0.15, 0.2) is 60.2 Å². The monoisotopic (exact) mass is 535 g/mol. The molecule has 1 fully saturated rings. The lowest BCUT2D eigenvalue weighted by Crippen LogP contribution is -2.29. The van der Waals surface area contributed by atoms with Crippen molar-refractivity contribution in [3.63, 3.8) is 0 Å². The van der Waals surface area contributed by atoms with Gasteiger partial charge in [0.05, 0.1) is 29.9 Å². The normalized spacial score (nSPS) is 16.7. The van der Waals surface area contributed by atoms with Gasteiger partial charge in [-0.1, -0.05) is 41.4 Å². The second-order valence-electron chi connectivity index (χ2n) is 9.09. The highest BCUT2D eigenvalue weighted by molar-refractivity contribution is 6.47. The zero-order chi connectivity index (χ0) is 27.6. The van der Waals surface area contributed by atoms with Crippen LogP contribution in [-0.2, 0) is 16.1 Å². The number of phenols is 1. The summed E-state index contributed by atoms with van der Waals surface area (Å²) in [6, 6.07) is 14.4. The van der Waals surface area contributed by atoms with E-state index in [1.807, 2.05) is 39.0 Å². The van der Waals surface area contributed by atoms with E-state index in [1.165, 1.54) is 11.0 Å². The van der Waals surface area contributed by atoms with Gasteiger partial charge in [0.15, 0.2) is 11.5 Å².